The fourth-order valence-corrected chi connectivity index (χ4v) is 0.236. The van der Waals surface area contributed by atoms with E-state index in [9.17, 15) is 14.7 Å². The molecule has 0 aromatic carbocycles. The van der Waals surface area contributed by atoms with Crippen molar-refractivity contribution in [3.8, 4) is 0 Å². The van der Waals surface area contributed by atoms with E-state index in [0.717, 1.165) is 0 Å². The molecule has 0 bridgehead atoms. The molecule has 0 aromatic heterocycles. The summed E-state index contributed by atoms with van der Waals surface area (Å²) in [5, 5.41) is 17.2. The van der Waals surface area contributed by atoms with Crippen LogP contribution in [-0.4, -0.2) is 17.0 Å². The van der Waals surface area contributed by atoms with E-state index in [1.165, 1.54) is 0 Å². The number of hydrogen-bond donors (Lipinski definition) is 2. The summed E-state index contributed by atoms with van der Waals surface area (Å²) in [5.74, 6) is -2.80. The Bertz CT molecular complexity index is 214. The average molecular weight is 185 g/mol. The highest BCUT2D eigenvalue weighted by molar-refractivity contribution is 5.88. The summed E-state index contributed by atoms with van der Waals surface area (Å²) in [5.41, 5.74) is 3.42. The Morgan fingerprint density at radius 2 is 1.92 bits per heavy atom. The van der Waals surface area contributed by atoms with Gasteiger partial charge >= 0.3 is 5.97 Å². The summed E-state index contributed by atoms with van der Waals surface area (Å²) in [6, 6.07) is 0. The van der Waals surface area contributed by atoms with E-state index in [1.54, 1.807) is 18.4 Å². The van der Waals surface area contributed by atoms with Gasteiger partial charge in [0.1, 0.15) is 0 Å². The highest BCUT2D eigenvalue weighted by Gasteiger charge is 1.81. The molecule has 0 aliphatic carbocycles. The average Bonchev–Trinajstić information content (AvgIpc) is 2.03. The molecule has 0 saturated heterocycles. The fraction of sp³-hybridized carbons (Fsp3) is 0. The third-order valence-electron chi connectivity index (χ3n) is 0.634. The van der Waals surface area contributed by atoms with Gasteiger partial charge in [-0.1, -0.05) is 12.7 Å². The topological polar surface area (TPSA) is 105 Å². The van der Waals surface area contributed by atoms with Crippen LogP contribution < -0.4 is 10.8 Å². The smallest absolute Gasteiger partial charge is 0.328 e. The van der Waals surface area contributed by atoms with Gasteiger partial charge in [-0.05, 0) is 12.2 Å². The van der Waals surface area contributed by atoms with Gasteiger partial charge in [-0.15, -0.1) is 0 Å². The van der Waals surface area contributed by atoms with E-state index < -0.39 is 11.9 Å². The first kappa shape index (κ1) is 13.7. The molecule has 0 aromatic rings. The first-order chi connectivity index (χ1) is 6.04. The Kier molecular flexibility index (Phi) is 10.7. The molecule has 0 aliphatic heterocycles. The molecule has 0 fully saturated rings. The third-order valence-corrected chi connectivity index (χ3v) is 0.634. The van der Waals surface area contributed by atoms with Crippen molar-refractivity contribution in [1.82, 2.24) is 0 Å². The quantitative estimate of drug-likeness (QED) is 0.404. The van der Waals surface area contributed by atoms with Crippen LogP contribution in [0, 0.1) is 0 Å². The predicted molar refractivity (Wildman–Crippen MR) is 44.0 cm³/mol. The van der Waals surface area contributed by atoms with Gasteiger partial charge in [0, 0.05) is 6.08 Å². The Balaban J connectivity index is 0. The number of quaternary nitrogens is 1. The largest absolute Gasteiger partial charge is 0.545 e. The molecule has 0 aliphatic rings. The zero-order valence-corrected chi connectivity index (χ0v) is 6.97. The number of rotatable bonds is 3. The minimum absolute atomic E-state index is 0.447. The molecule has 0 atom stereocenters. The lowest BCUT2D eigenvalue weighted by Gasteiger charge is -1.85. The van der Waals surface area contributed by atoms with Crippen LogP contribution in [0.2, 0.25) is 0 Å². The van der Waals surface area contributed by atoms with Crippen molar-refractivity contribution in [3.63, 3.8) is 0 Å². The van der Waals surface area contributed by atoms with Crippen LogP contribution in [0.4, 0.5) is 0 Å². The van der Waals surface area contributed by atoms with Crippen molar-refractivity contribution >= 4 is 11.9 Å². The van der Waals surface area contributed by atoms with Crippen molar-refractivity contribution < 1.29 is 25.5 Å². The zero-order chi connectivity index (χ0) is 10.7. The summed E-state index contributed by atoms with van der Waals surface area (Å²) in [6.45, 7) is 3.42. The van der Waals surface area contributed by atoms with Crippen LogP contribution in [0.15, 0.2) is 37.1 Å². The van der Waals surface area contributed by atoms with Crippen LogP contribution in [0.1, 0.15) is 0 Å². The zero-order valence-electron chi connectivity index (χ0n) is 6.97. The minimum Gasteiger partial charge on any atom is -0.545 e. The molecule has 0 radical (unpaired) electrons. The molecule has 0 rings (SSSR count). The maximum absolute atomic E-state index is 9.53. The van der Waals surface area contributed by atoms with Crippen molar-refractivity contribution in [2.45, 2.75) is 0 Å². The molecule has 0 spiro atoms. The third kappa shape index (κ3) is 25.5. The van der Waals surface area contributed by atoms with E-state index in [2.05, 4.69) is 12.3 Å². The summed E-state index contributed by atoms with van der Waals surface area (Å²) >= 11 is 0. The lowest BCUT2D eigenvalue weighted by molar-refractivity contribution is -0.297. The molecular weight excluding hydrogens is 174 g/mol. The van der Waals surface area contributed by atoms with Crippen molar-refractivity contribution in [1.29, 1.82) is 0 Å². The lowest BCUT2D eigenvalue weighted by Crippen LogP contribution is -2.38. The molecular formula is C8H11NO4. The van der Waals surface area contributed by atoms with Gasteiger partial charge in [0.2, 0.25) is 0 Å². The van der Waals surface area contributed by atoms with Crippen LogP contribution in [0.3, 0.4) is 0 Å². The van der Waals surface area contributed by atoms with Gasteiger partial charge < -0.3 is 20.7 Å². The van der Waals surface area contributed by atoms with E-state index in [-0.39, 0.29) is 0 Å². The number of hydrogen-bond acceptors (Lipinski definition) is 3. The summed E-state index contributed by atoms with van der Waals surface area (Å²) < 4.78 is 0. The molecule has 5 heteroatoms. The summed E-state index contributed by atoms with van der Waals surface area (Å²) in [7, 11) is 0. The van der Waals surface area contributed by atoms with Crippen molar-refractivity contribution in [3.05, 3.63) is 37.1 Å². The number of carboxylic acid groups (broad SMARTS) is 2. The highest BCUT2D eigenvalue weighted by atomic mass is 16.4. The second kappa shape index (κ2) is 10.1. The number of carbonyl (C=O) groups excluding carboxylic acids is 1. The van der Waals surface area contributed by atoms with E-state index in [0.29, 0.717) is 12.2 Å². The molecule has 72 valence electrons. The minimum atomic E-state index is -1.51. The molecule has 4 N–H and O–H groups in total. The van der Waals surface area contributed by atoms with Gasteiger partial charge in [-0.3, -0.25) is 0 Å². The monoisotopic (exact) mass is 185 g/mol. The Labute approximate surface area is 75.5 Å². The van der Waals surface area contributed by atoms with E-state index in [1.807, 2.05) is 0 Å². The van der Waals surface area contributed by atoms with Gasteiger partial charge in [-0.2, -0.15) is 0 Å². The van der Waals surface area contributed by atoms with Gasteiger partial charge in [0.25, 0.3) is 0 Å². The number of aliphatic carboxylic acids is 2. The number of carbonyl (C=O) groups is 2. The van der Waals surface area contributed by atoms with Crippen molar-refractivity contribution in [2.24, 2.45) is 0 Å². The molecule has 0 heterocycles. The van der Waals surface area contributed by atoms with E-state index >= 15 is 0 Å². The Morgan fingerprint density at radius 3 is 2.00 bits per heavy atom. The highest BCUT2D eigenvalue weighted by Crippen LogP contribution is 1.67. The van der Waals surface area contributed by atoms with Crippen LogP contribution >= 0.6 is 0 Å². The Hall–Kier alpha value is -1.88. The standard InChI is InChI=1S/C4H7N.C4H4O4/c1-2-3-4-5;5-3(6)1-2-4(7)8/h2-4H,1,5H2;1-2H,(H,5,6)(H,7,8). The lowest BCUT2D eigenvalue weighted by atomic mass is 10.5. The molecule has 5 nitrogen and oxygen atoms in total. The van der Waals surface area contributed by atoms with Crippen molar-refractivity contribution in [2.75, 3.05) is 0 Å². The first-order valence-corrected chi connectivity index (χ1v) is 3.23. The SMILES string of the molecule is C=CC=C[NH3+].O=C([O-])C=CC(=O)O. The van der Waals surface area contributed by atoms with Gasteiger partial charge in [-0.25, -0.2) is 4.79 Å². The second-order valence-corrected chi connectivity index (χ2v) is 1.65. The molecule has 13 heavy (non-hydrogen) atoms. The number of allylic oxidation sites excluding steroid dienone is 2. The van der Waals surface area contributed by atoms with Gasteiger partial charge in [0.05, 0.1) is 12.2 Å². The fourth-order valence-electron chi connectivity index (χ4n) is 0.236. The summed E-state index contributed by atoms with van der Waals surface area (Å²) in [6.07, 6.45) is 6.09. The van der Waals surface area contributed by atoms with Crippen LogP contribution in [0.5, 0.6) is 0 Å². The molecule has 0 saturated carbocycles. The van der Waals surface area contributed by atoms with Crippen LogP contribution in [-0.2, 0) is 9.59 Å². The maximum Gasteiger partial charge on any atom is 0.328 e. The summed E-state index contributed by atoms with van der Waals surface area (Å²) in [4.78, 5) is 19.0. The van der Waals surface area contributed by atoms with Crippen LogP contribution in [0.25, 0.3) is 0 Å². The predicted octanol–water partition coefficient (Wildman–Crippen LogP) is -1.69. The molecule has 0 amide bonds. The first-order valence-electron chi connectivity index (χ1n) is 3.23. The molecule has 0 unspecified atom stereocenters. The van der Waals surface area contributed by atoms with E-state index in [4.69, 9.17) is 5.11 Å². The number of carboxylic acids is 2. The normalized spacial score (nSPS) is 9.31. The van der Waals surface area contributed by atoms with Gasteiger partial charge in [0.15, 0.2) is 0 Å². The Morgan fingerprint density at radius 1 is 1.38 bits per heavy atom. The second-order valence-electron chi connectivity index (χ2n) is 1.65. The maximum atomic E-state index is 9.53.